The molecule has 6 heteroatoms. The second kappa shape index (κ2) is 6.54. The van der Waals surface area contributed by atoms with Crippen molar-refractivity contribution in [3.05, 3.63) is 56.5 Å². The summed E-state index contributed by atoms with van der Waals surface area (Å²) in [7, 11) is 0. The van der Waals surface area contributed by atoms with Crippen LogP contribution < -0.4 is 10.9 Å². The third kappa shape index (κ3) is 3.59. The molecule has 0 fully saturated rings. The number of hydrogen-bond acceptors (Lipinski definition) is 4. The van der Waals surface area contributed by atoms with Crippen molar-refractivity contribution in [2.24, 2.45) is 0 Å². The van der Waals surface area contributed by atoms with Gasteiger partial charge in [0.25, 0.3) is 5.56 Å². The van der Waals surface area contributed by atoms with Gasteiger partial charge in [0.05, 0.1) is 5.69 Å². The highest BCUT2D eigenvalue weighted by molar-refractivity contribution is 6.30. The summed E-state index contributed by atoms with van der Waals surface area (Å²) in [5.41, 5.74) is 1.96. The van der Waals surface area contributed by atoms with Crippen LogP contribution in [-0.2, 0) is 13.0 Å². The molecular formula is C14H16ClN3O2. The molecule has 0 atom stereocenters. The Kier molecular flexibility index (Phi) is 4.76. The number of aryl methyl sites for hydroxylation is 1. The first-order valence-electron chi connectivity index (χ1n) is 6.29. The first-order chi connectivity index (χ1) is 9.60. The minimum atomic E-state index is -0.217. The molecule has 1 heterocycles. The van der Waals surface area contributed by atoms with Crippen LogP contribution in [0.5, 0.6) is 0 Å². The zero-order chi connectivity index (χ0) is 14.5. The standard InChI is InChI=1S/C14H16ClN3O2/c1-9-12(6-7-19)13(20)18-14(17-9)16-8-10-2-4-11(15)5-3-10/h2-5,19H,6-8H2,1H3,(H2,16,17,18,20). The molecule has 0 bridgehead atoms. The summed E-state index contributed by atoms with van der Waals surface area (Å²) in [6.45, 7) is 2.23. The first-order valence-corrected chi connectivity index (χ1v) is 6.67. The summed E-state index contributed by atoms with van der Waals surface area (Å²) >= 11 is 5.82. The zero-order valence-corrected chi connectivity index (χ0v) is 11.9. The quantitative estimate of drug-likeness (QED) is 0.786. The molecule has 0 spiro atoms. The molecule has 0 amide bonds. The van der Waals surface area contributed by atoms with Crippen molar-refractivity contribution < 1.29 is 5.11 Å². The van der Waals surface area contributed by atoms with E-state index in [1.807, 2.05) is 24.3 Å². The number of H-pyrrole nitrogens is 1. The molecule has 2 rings (SSSR count). The van der Waals surface area contributed by atoms with Crippen molar-refractivity contribution in [3.63, 3.8) is 0 Å². The van der Waals surface area contributed by atoms with E-state index in [0.29, 0.717) is 35.2 Å². The molecule has 0 saturated heterocycles. The Morgan fingerprint density at radius 1 is 1.35 bits per heavy atom. The van der Waals surface area contributed by atoms with Gasteiger partial charge in [0, 0.05) is 30.2 Å². The maximum atomic E-state index is 11.8. The molecule has 0 aliphatic carbocycles. The Labute approximate surface area is 121 Å². The molecule has 0 aliphatic heterocycles. The lowest BCUT2D eigenvalue weighted by atomic mass is 10.2. The fourth-order valence-corrected chi connectivity index (χ4v) is 2.01. The van der Waals surface area contributed by atoms with Gasteiger partial charge in [-0.1, -0.05) is 23.7 Å². The van der Waals surface area contributed by atoms with E-state index in [1.165, 1.54) is 0 Å². The van der Waals surface area contributed by atoms with Gasteiger partial charge in [0.1, 0.15) is 0 Å². The highest BCUT2D eigenvalue weighted by Crippen LogP contribution is 2.11. The van der Waals surface area contributed by atoms with Gasteiger partial charge >= 0.3 is 0 Å². The lowest BCUT2D eigenvalue weighted by Crippen LogP contribution is -2.20. The number of rotatable bonds is 5. The SMILES string of the molecule is Cc1nc(NCc2ccc(Cl)cc2)[nH]c(=O)c1CCO. The largest absolute Gasteiger partial charge is 0.396 e. The molecule has 1 aromatic heterocycles. The highest BCUT2D eigenvalue weighted by Gasteiger charge is 2.07. The average molecular weight is 294 g/mol. The minimum absolute atomic E-state index is 0.0663. The number of halogens is 1. The number of nitrogens with one attached hydrogen (secondary N) is 2. The third-order valence-electron chi connectivity index (χ3n) is 2.96. The second-order valence-corrected chi connectivity index (χ2v) is 4.87. The van der Waals surface area contributed by atoms with Gasteiger partial charge in [0.15, 0.2) is 0 Å². The van der Waals surface area contributed by atoms with Crippen LogP contribution in [0.3, 0.4) is 0 Å². The Bertz CT molecular complexity index is 638. The summed E-state index contributed by atoms with van der Waals surface area (Å²) in [5.74, 6) is 0.420. The lowest BCUT2D eigenvalue weighted by molar-refractivity contribution is 0.298. The summed E-state index contributed by atoms with van der Waals surface area (Å²) in [4.78, 5) is 18.8. The molecule has 20 heavy (non-hydrogen) atoms. The van der Waals surface area contributed by atoms with Gasteiger partial charge in [0.2, 0.25) is 5.95 Å². The van der Waals surface area contributed by atoms with E-state index >= 15 is 0 Å². The van der Waals surface area contributed by atoms with Crippen LogP contribution in [0.2, 0.25) is 5.02 Å². The van der Waals surface area contributed by atoms with Gasteiger partial charge in [-0.2, -0.15) is 0 Å². The summed E-state index contributed by atoms with van der Waals surface area (Å²) in [5, 5.41) is 12.6. The Hall–Kier alpha value is -1.85. The maximum Gasteiger partial charge on any atom is 0.255 e. The van der Waals surface area contributed by atoms with Crippen LogP contribution in [0.1, 0.15) is 16.8 Å². The van der Waals surface area contributed by atoms with E-state index in [0.717, 1.165) is 5.56 Å². The number of nitrogens with zero attached hydrogens (tertiary/aromatic N) is 1. The van der Waals surface area contributed by atoms with Gasteiger partial charge in [-0.3, -0.25) is 9.78 Å². The molecule has 1 aromatic carbocycles. The van der Waals surface area contributed by atoms with Crippen molar-refractivity contribution in [3.8, 4) is 0 Å². The number of anilines is 1. The number of aliphatic hydroxyl groups excluding tert-OH is 1. The van der Waals surface area contributed by atoms with Gasteiger partial charge in [-0.25, -0.2) is 4.98 Å². The molecule has 0 saturated carbocycles. The average Bonchev–Trinajstić information content (AvgIpc) is 2.42. The van der Waals surface area contributed by atoms with Crippen LogP contribution in [0.25, 0.3) is 0 Å². The fraction of sp³-hybridized carbons (Fsp3) is 0.286. The number of hydrogen-bond donors (Lipinski definition) is 3. The third-order valence-corrected chi connectivity index (χ3v) is 3.21. The van der Waals surface area contributed by atoms with Crippen LogP contribution in [0.15, 0.2) is 29.1 Å². The number of aliphatic hydroxyl groups is 1. The van der Waals surface area contributed by atoms with Crippen molar-refractivity contribution >= 4 is 17.5 Å². The smallest absolute Gasteiger partial charge is 0.255 e. The Balaban J connectivity index is 2.10. The number of aromatic amines is 1. The molecule has 0 unspecified atom stereocenters. The van der Waals surface area contributed by atoms with Crippen LogP contribution in [-0.4, -0.2) is 21.7 Å². The summed E-state index contributed by atoms with van der Waals surface area (Å²) < 4.78 is 0. The van der Waals surface area contributed by atoms with Crippen molar-refractivity contribution in [1.29, 1.82) is 0 Å². The van der Waals surface area contributed by atoms with E-state index in [2.05, 4.69) is 15.3 Å². The van der Waals surface area contributed by atoms with Crippen LogP contribution in [0, 0.1) is 6.92 Å². The molecular weight excluding hydrogens is 278 g/mol. The topological polar surface area (TPSA) is 78.0 Å². The minimum Gasteiger partial charge on any atom is -0.396 e. The molecule has 0 aliphatic rings. The van der Waals surface area contributed by atoms with E-state index in [-0.39, 0.29) is 12.2 Å². The number of benzene rings is 1. The fourth-order valence-electron chi connectivity index (χ4n) is 1.89. The predicted octanol–water partition coefficient (Wildman–Crippen LogP) is 1.88. The van der Waals surface area contributed by atoms with Gasteiger partial charge in [-0.15, -0.1) is 0 Å². The van der Waals surface area contributed by atoms with Crippen molar-refractivity contribution in [2.45, 2.75) is 19.9 Å². The van der Waals surface area contributed by atoms with Gasteiger partial charge < -0.3 is 10.4 Å². The van der Waals surface area contributed by atoms with Crippen molar-refractivity contribution in [1.82, 2.24) is 9.97 Å². The molecule has 106 valence electrons. The Morgan fingerprint density at radius 2 is 2.05 bits per heavy atom. The molecule has 5 nitrogen and oxygen atoms in total. The van der Waals surface area contributed by atoms with Gasteiger partial charge in [-0.05, 0) is 24.6 Å². The van der Waals surface area contributed by atoms with E-state index in [1.54, 1.807) is 6.92 Å². The first kappa shape index (κ1) is 14.6. The Morgan fingerprint density at radius 3 is 2.65 bits per heavy atom. The second-order valence-electron chi connectivity index (χ2n) is 4.43. The summed E-state index contributed by atoms with van der Waals surface area (Å²) in [6.07, 6.45) is 0.311. The number of aromatic nitrogens is 2. The normalized spacial score (nSPS) is 10.6. The van der Waals surface area contributed by atoms with Crippen molar-refractivity contribution in [2.75, 3.05) is 11.9 Å². The van der Waals surface area contributed by atoms with E-state index in [9.17, 15) is 4.79 Å². The molecule has 3 N–H and O–H groups in total. The van der Waals surface area contributed by atoms with E-state index < -0.39 is 0 Å². The monoisotopic (exact) mass is 293 g/mol. The maximum absolute atomic E-state index is 11.8. The summed E-state index contributed by atoms with van der Waals surface area (Å²) in [6, 6.07) is 7.43. The molecule has 0 radical (unpaired) electrons. The highest BCUT2D eigenvalue weighted by atomic mass is 35.5. The molecule has 2 aromatic rings. The van der Waals surface area contributed by atoms with E-state index in [4.69, 9.17) is 16.7 Å². The predicted molar refractivity (Wildman–Crippen MR) is 79.2 cm³/mol. The zero-order valence-electron chi connectivity index (χ0n) is 11.1. The van der Waals surface area contributed by atoms with Crippen LogP contribution in [0.4, 0.5) is 5.95 Å². The van der Waals surface area contributed by atoms with Crippen LogP contribution >= 0.6 is 11.6 Å². The lowest BCUT2D eigenvalue weighted by Gasteiger charge is -2.08.